The SMILES string of the molecule is C[C@@H](O)[C@@H](O)[C@H](O)[C@H](O)C(=O)[C@@H](O)[C@H](O)[C@@H](O)CO. The summed E-state index contributed by atoms with van der Waals surface area (Å²) in [7, 11) is 0. The van der Waals surface area contributed by atoms with E-state index in [0.717, 1.165) is 6.92 Å². The van der Waals surface area contributed by atoms with Gasteiger partial charge in [-0.2, -0.15) is 0 Å². The quantitative estimate of drug-likeness (QED) is 0.217. The molecule has 8 N–H and O–H groups in total. The molecule has 9 heteroatoms. The second kappa shape index (κ2) is 7.82. The summed E-state index contributed by atoms with van der Waals surface area (Å²) in [5.41, 5.74) is 0. The number of aliphatic hydroxyl groups is 8. The van der Waals surface area contributed by atoms with Crippen LogP contribution in [0.5, 0.6) is 0 Å². The van der Waals surface area contributed by atoms with Crippen molar-refractivity contribution in [3.8, 4) is 0 Å². The van der Waals surface area contributed by atoms with Crippen LogP contribution in [0.4, 0.5) is 0 Å². The average molecular weight is 284 g/mol. The predicted molar refractivity (Wildman–Crippen MR) is 59.8 cm³/mol. The van der Waals surface area contributed by atoms with Crippen LogP contribution >= 0.6 is 0 Å². The van der Waals surface area contributed by atoms with Crippen molar-refractivity contribution in [3.63, 3.8) is 0 Å². The summed E-state index contributed by atoms with van der Waals surface area (Å²) in [4.78, 5) is 11.5. The van der Waals surface area contributed by atoms with Gasteiger partial charge < -0.3 is 40.9 Å². The van der Waals surface area contributed by atoms with Gasteiger partial charge in [0.15, 0.2) is 5.78 Å². The van der Waals surface area contributed by atoms with Crippen LogP contribution in [0.15, 0.2) is 0 Å². The van der Waals surface area contributed by atoms with Gasteiger partial charge in [0.05, 0.1) is 12.7 Å². The maximum Gasteiger partial charge on any atom is 0.195 e. The largest absolute Gasteiger partial charge is 0.394 e. The molecule has 0 aromatic rings. The fraction of sp³-hybridized carbons (Fsp3) is 0.900. The molecule has 19 heavy (non-hydrogen) atoms. The van der Waals surface area contributed by atoms with Gasteiger partial charge >= 0.3 is 0 Å². The molecule has 0 amide bonds. The molecule has 0 aromatic heterocycles. The maximum absolute atomic E-state index is 11.5. The van der Waals surface area contributed by atoms with Gasteiger partial charge in [0.2, 0.25) is 0 Å². The molecule has 0 unspecified atom stereocenters. The van der Waals surface area contributed by atoms with Crippen molar-refractivity contribution in [3.05, 3.63) is 0 Å². The van der Waals surface area contributed by atoms with E-state index in [-0.39, 0.29) is 0 Å². The number of carbonyl (C=O) groups is 1. The fourth-order valence-electron chi connectivity index (χ4n) is 1.30. The van der Waals surface area contributed by atoms with Gasteiger partial charge in [0.25, 0.3) is 0 Å². The Hall–Kier alpha value is -0.650. The monoisotopic (exact) mass is 284 g/mol. The molecule has 0 bridgehead atoms. The number of Topliss-reactive ketones (excluding diaryl/α,β-unsaturated/α-hetero) is 1. The number of aliphatic hydroxyl groups excluding tert-OH is 8. The molecule has 0 saturated heterocycles. The molecule has 0 aliphatic heterocycles. The molecule has 0 heterocycles. The lowest BCUT2D eigenvalue weighted by molar-refractivity contribution is -0.161. The van der Waals surface area contributed by atoms with E-state index in [9.17, 15) is 30.3 Å². The summed E-state index contributed by atoms with van der Waals surface area (Å²) in [5.74, 6) is -1.47. The van der Waals surface area contributed by atoms with Crippen LogP contribution in [0.25, 0.3) is 0 Å². The molecular formula is C10H20O9. The first-order valence-electron chi connectivity index (χ1n) is 5.56. The van der Waals surface area contributed by atoms with Crippen LogP contribution in [-0.2, 0) is 4.79 Å². The van der Waals surface area contributed by atoms with Gasteiger partial charge in [-0.05, 0) is 6.92 Å². The highest BCUT2D eigenvalue weighted by Crippen LogP contribution is 2.10. The minimum Gasteiger partial charge on any atom is -0.394 e. The summed E-state index contributed by atoms with van der Waals surface area (Å²) in [6.45, 7) is 0.173. The van der Waals surface area contributed by atoms with E-state index >= 15 is 0 Å². The summed E-state index contributed by atoms with van der Waals surface area (Å²) >= 11 is 0. The van der Waals surface area contributed by atoms with E-state index < -0.39 is 55.1 Å². The van der Waals surface area contributed by atoms with E-state index in [0.29, 0.717) is 0 Å². The Balaban J connectivity index is 4.72. The molecule has 0 fully saturated rings. The van der Waals surface area contributed by atoms with Crippen molar-refractivity contribution in [2.45, 2.75) is 49.7 Å². The van der Waals surface area contributed by atoms with Crippen LogP contribution in [-0.4, -0.2) is 96.0 Å². The number of hydrogen-bond donors (Lipinski definition) is 8. The third-order valence-electron chi connectivity index (χ3n) is 2.66. The van der Waals surface area contributed by atoms with Gasteiger partial charge in [-0.15, -0.1) is 0 Å². The molecule has 0 aliphatic carbocycles. The number of hydrogen-bond acceptors (Lipinski definition) is 9. The standard InChI is InChI=1S/C10H20O9/c1-3(12)5(14)7(16)9(18)10(19)8(17)6(15)4(13)2-11/h3-9,11-18H,2H2,1H3/t3-,4+,5-,6-,7+,8+,9+/m1/s1. The van der Waals surface area contributed by atoms with E-state index in [2.05, 4.69) is 0 Å². The van der Waals surface area contributed by atoms with Gasteiger partial charge in [-0.3, -0.25) is 4.79 Å². The summed E-state index contributed by atoms with van der Waals surface area (Å²) in [6.07, 6.45) is -13.8. The van der Waals surface area contributed by atoms with Crippen molar-refractivity contribution >= 4 is 5.78 Å². The van der Waals surface area contributed by atoms with Crippen LogP contribution in [0, 0.1) is 0 Å². The van der Waals surface area contributed by atoms with Gasteiger partial charge in [0.1, 0.15) is 36.6 Å². The van der Waals surface area contributed by atoms with Gasteiger partial charge in [-0.25, -0.2) is 0 Å². The van der Waals surface area contributed by atoms with Crippen molar-refractivity contribution < 1.29 is 45.6 Å². The Labute approximate surface area is 109 Å². The highest BCUT2D eigenvalue weighted by Gasteiger charge is 2.39. The van der Waals surface area contributed by atoms with Gasteiger partial charge in [0, 0.05) is 0 Å². The first kappa shape index (κ1) is 18.4. The zero-order chi connectivity index (χ0) is 15.3. The molecule has 0 spiro atoms. The molecule has 0 radical (unpaired) electrons. The first-order valence-corrected chi connectivity index (χ1v) is 5.56. The Morgan fingerprint density at radius 1 is 0.842 bits per heavy atom. The smallest absolute Gasteiger partial charge is 0.195 e. The minimum atomic E-state index is -2.28. The van der Waals surface area contributed by atoms with Crippen molar-refractivity contribution in [1.82, 2.24) is 0 Å². The lowest BCUT2D eigenvalue weighted by Gasteiger charge is -2.27. The molecule has 0 aliphatic rings. The predicted octanol–water partition coefficient (Wildman–Crippen LogP) is -4.91. The highest BCUT2D eigenvalue weighted by molar-refractivity contribution is 5.88. The third kappa shape index (κ3) is 4.75. The van der Waals surface area contributed by atoms with E-state index in [1.54, 1.807) is 0 Å². The average Bonchev–Trinajstić information content (AvgIpc) is 2.40. The highest BCUT2D eigenvalue weighted by atomic mass is 16.4. The van der Waals surface area contributed by atoms with E-state index in [4.69, 9.17) is 15.3 Å². The lowest BCUT2D eigenvalue weighted by atomic mass is 9.94. The first-order chi connectivity index (χ1) is 8.64. The number of rotatable bonds is 8. The summed E-state index contributed by atoms with van der Waals surface area (Å²) in [5, 5.41) is 73.1. The van der Waals surface area contributed by atoms with Crippen molar-refractivity contribution in [2.75, 3.05) is 6.61 Å². The van der Waals surface area contributed by atoms with Crippen LogP contribution < -0.4 is 0 Å². The molecule has 0 aromatic carbocycles. The molecule has 7 atom stereocenters. The normalized spacial score (nSPS) is 23.0. The number of ketones is 1. The topological polar surface area (TPSA) is 179 Å². The van der Waals surface area contributed by atoms with Crippen LogP contribution in [0.1, 0.15) is 6.92 Å². The van der Waals surface area contributed by atoms with Crippen LogP contribution in [0.3, 0.4) is 0 Å². The molecule has 9 nitrogen and oxygen atoms in total. The summed E-state index contributed by atoms with van der Waals surface area (Å²) < 4.78 is 0. The Bertz CT molecular complexity index is 282. The zero-order valence-corrected chi connectivity index (χ0v) is 10.2. The second-order valence-corrected chi connectivity index (χ2v) is 4.25. The molecular weight excluding hydrogens is 264 g/mol. The Morgan fingerprint density at radius 3 is 1.63 bits per heavy atom. The van der Waals surface area contributed by atoms with E-state index in [1.807, 2.05) is 0 Å². The Morgan fingerprint density at radius 2 is 1.26 bits per heavy atom. The molecule has 0 saturated carbocycles. The zero-order valence-electron chi connectivity index (χ0n) is 10.2. The minimum absolute atomic E-state index is 0.930. The maximum atomic E-state index is 11.5. The van der Waals surface area contributed by atoms with Crippen molar-refractivity contribution in [1.29, 1.82) is 0 Å². The number of carbonyl (C=O) groups excluding carboxylic acids is 1. The Kier molecular flexibility index (Phi) is 7.55. The molecule has 0 rings (SSSR count). The van der Waals surface area contributed by atoms with Crippen molar-refractivity contribution in [2.24, 2.45) is 0 Å². The fourth-order valence-corrected chi connectivity index (χ4v) is 1.30. The second-order valence-electron chi connectivity index (χ2n) is 4.25. The van der Waals surface area contributed by atoms with E-state index in [1.165, 1.54) is 0 Å². The summed E-state index contributed by atoms with van der Waals surface area (Å²) in [6, 6.07) is 0. The lowest BCUT2D eigenvalue weighted by Crippen LogP contribution is -2.53. The third-order valence-corrected chi connectivity index (χ3v) is 2.66. The van der Waals surface area contributed by atoms with Gasteiger partial charge in [-0.1, -0.05) is 0 Å². The molecule has 114 valence electrons. The van der Waals surface area contributed by atoms with Crippen LogP contribution in [0.2, 0.25) is 0 Å².